The van der Waals surface area contributed by atoms with E-state index in [-0.39, 0.29) is 0 Å². The van der Waals surface area contributed by atoms with Gasteiger partial charge in [0.25, 0.3) is 0 Å². The quantitative estimate of drug-likeness (QED) is 0.564. The average Bonchev–Trinajstić information content (AvgIpc) is 2.65. The Morgan fingerprint density at radius 2 is 2.04 bits per heavy atom. The summed E-state index contributed by atoms with van der Waals surface area (Å²) in [5.41, 5.74) is 9.06. The number of nitrogen functional groups attached to an aromatic ring is 1. The molecule has 1 heterocycles. The third-order valence-electron chi connectivity index (χ3n) is 4.81. The highest BCUT2D eigenvalue weighted by molar-refractivity contribution is 7.88. The molecule has 26 heavy (non-hydrogen) atoms. The summed E-state index contributed by atoms with van der Waals surface area (Å²) in [7, 11) is 0. The number of rotatable bonds is 5. The second kappa shape index (κ2) is 8.97. The van der Waals surface area contributed by atoms with Crippen molar-refractivity contribution in [3.8, 4) is 0 Å². The molecule has 1 aliphatic rings. The van der Waals surface area contributed by atoms with Crippen LogP contribution in [-0.2, 0) is 6.54 Å². The molecular formula is C22H27N3S. The molecule has 136 valence electrons. The maximum absolute atomic E-state index is 5.79. The molecular weight excluding hydrogens is 338 g/mol. The van der Waals surface area contributed by atoms with Gasteiger partial charge in [0.05, 0.1) is 0 Å². The smallest absolute Gasteiger partial charge is 0.0422 e. The first-order valence-electron chi connectivity index (χ1n) is 9.09. The molecule has 4 heteroatoms. The van der Waals surface area contributed by atoms with Gasteiger partial charge in [-0.25, -0.2) is 0 Å². The molecule has 1 saturated heterocycles. The van der Waals surface area contributed by atoms with E-state index in [0.717, 1.165) is 41.4 Å². The van der Waals surface area contributed by atoms with Crippen LogP contribution >= 0.6 is 12.6 Å². The fourth-order valence-electron chi connectivity index (χ4n) is 3.54. The van der Waals surface area contributed by atoms with Crippen molar-refractivity contribution in [3.05, 3.63) is 71.1 Å². The second-order valence-electron chi connectivity index (χ2n) is 6.80. The average molecular weight is 366 g/mol. The van der Waals surface area contributed by atoms with E-state index in [9.17, 15) is 0 Å². The van der Waals surface area contributed by atoms with Gasteiger partial charge in [-0.05, 0) is 53.8 Å². The summed E-state index contributed by atoms with van der Waals surface area (Å²) in [6, 6.07) is 14.9. The predicted octanol–water partition coefficient (Wildman–Crippen LogP) is 2.98. The fourth-order valence-corrected chi connectivity index (χ4v) is 3.77. The first kappa shape index (κ1) is 18.6. The van der Waals surface area contributed by atoms with E-state index in [1.54, 1.807) is 0 Å². The van der Waals surface area contributed by atoms with Gasteiger partial charge in [0.15, 0.2) is 0 Å². The zero-order valence-corrected chi connectivity index (χ0v) is 16.0. The summed E-state index contributed by atoms with van der Waals surface area (Å²) in [6.45, 7) is 6.98. The van der Waals surface area contributed by atoms with E-state index in [1.165, 1.54) is 18.4 Å². The molecule has 3 N–H and O–H groups in total. The Balaban J connectivity index is 1.72. The van der Waals surface area contributed by atoms with Crippen molar-refractivity contribution >= 4 is 35.5 Å². The second-order valence-corrected chi connectivity index (χ2v) is 7.06. The van der Waals surface area contributed by atoms with Crippen LogP contribution in [0.5, 0.6) is 0 Å². The van der Waals surface area contributed by atoms with Gasteiger partial charge < -0.3 is 11.1 Å². The van der Waals surface area contributed by atoms with Crippen molar-refractivity contribution in [1.82, 2.24) is 4.90 Å². The number of nitrogens with one attached hydrogen (secondary N) is 1. The zero-order chi connectivity index (χ0) is 18.4. The van der Waals surface area contributed by atoms with E-state index in [2.05, 4.69) is 59.8 Å². The third kappa shape index (κ3) is 4.71. The van der Waals surface area contributed by atoms with Gasteiger partial charge in [-0.15, -0.1) is 0 Å². The van der Waals surface area contributed by atoms with Crippen LogP contribution in [0.4, 0.5) is 11.4 Å². The lowest BCUT2D eigenvalue weighted by Crippen LogP contribution is -2.43. The Labute approximate surface area is 161 Å². The summed E-state index contributed by atoms with van der Waals surface area (Å²) in [5, 5.41) is 7.83. The van der Waals surface area contributed by atoms with E-state index >= 15 is 0 Å². The van der Waals surface area contributed by atoms with Gasteiger partial charge in [-0.1, -0.05) is 43.0 Å². The number of nitrogens with zero attached hydrogens (tertiary/aromatic N) is 1. The number of hydrogen-bond donors (Lipinski definition) is 3. The van der Waals surface area contributed by atoms with Crippen LogP contribution < -0.4 is 21.5 Å². The SMILES string of the molecule is C=C/C=c1/c(NC2CCCN(Cc3ccc(N)cc3)C2)ccc/c1=C/S. The van der Waals surface area contributed by atoms with Crippen molar-refractivity contribution in [2.75, 3.05) is 24.1 Å². The van der Waals surface area contributed by atoms with Crippen LogP contribution in [0.2, 0.25) is 0 Å². The minimum atomic E-state index is 0.435. The minimum Gasteiger partial charge on any atom is -0.399 e. The maximum atomic E-state index is 5.79. The number of likely N-dealkylation sites (tertiary alicyclic amines) is 1. The molecule has 0 aromatic heterocycles. The Hall–Kier alpha value is -2.17. The fraction of sp³-hybridized carbons (Fsp3) is 0.273. The van der Waals surface area contributed by atoms with Gasteiger partial charge >= 0.3 is 0 Å². The topological polar surface area (TPSA) is 41.3 Å². The van der Waals surface area contributed by atoms with Gasteiger partial charge in [-0.2, -0.15) is 12.6 Å². The number of benzene rings is 2. The van der Waals surface area contributed by atoms with E-state index in [1.807, 2.05) is 29.7 Å². The van der Waals surface area contributed by atoms with E-state index in [0.29, 0.717) is 6.04 Å². The van der Waals surface area contributed by atoms with Crippen molar-refractivity contribution < 1.29 is 0 Å². The molecule has 0 spiro atoms. The molecule has 0 saturated carbocycles. The van der Waals surface area contributed by atoms with E-state index < -0.39 is 0 Å². The molecule has 2 aromatic carbocycles. The number of piperidine rings is 1. The van der Waals surface area contributed by atoms with Crippen molar-refractivity contribution in [1.29, 1.82) is 0 Å². The standard InChI is InChI=1S/C22H27N3S/c1-2-5-21-18(16-26)6-3-8-22(21)24-20-7-4-13-25(15-20)14-17-9-11-19(23)12-10-17/h2-3,5-6,8-12,16,20,24,26H,1,4,7,13-15,23H2/b18-16-,21-5+. The van der Waals surface area contributed by atoms with Crippen LogP contribution in [0.3, 0.4) is 0 Å². The lowest BCUT2D eigenvalue weighted by Gasteiger charge is -2.34. The number of nitrogens with two attached hydrogens (primary N) is 1. The van der Waals surface area contributed by atoms with Crippen molar-refractivity contribution in [2.24, 2.45) is 0 Å². The van der Waals surface area contributed by atoms with E-state index in [4.69, 9.17) is 5.73 Å². The number of thiol groups is 1. The first-order valence-corrected chi connectivity index (χ1v) is 9.60. The minimum absolute atomic E-state index is 0.435. The molecule has 1 aliphatic heterocycles. The van der Waals surface area contributed by atoms with Crippen molar-refractivity contribution in [2.45, 2.75) is 25.4 Å². The van der Waals surface area contributed by atoms with Gasteiger partial charge in [0.1, 0.15) is 0 Å². The molecule has 0 aliphatic carbocycles. The Bertz CT molecular complexity index is 858. The highest BCUT2D eigenvalue weighted by Gasteiger charge is 2.20. The molecule has 1 atom stereocenters. The molecule has 1 unspecified atom stereocenters. The molecule has 3 rings (SSSR count). The van der Waals surface area contributed by atoms with Gasteiger partial charge in [-0.3, -0.25) is 4.90 Å². The summed E-state index contributed by atoms with van der Waals surface area (Å²) < 4.78 is 0. The number of hydrogen-bond acceptors (Lipinski definition) is 4. The maximum Gasteiger partial charge on any atom is 0.0422 e. The molecule has 0 radical (unpaired) electrons. The first-order chi connectivity index (χ1) is 12.7. The zero-order valence-electron chi connectivity index (χ0n) is 15.1. The highest BCUT2D eigenvalue weighted by atomic mass is 32.1. The predicted molar refractivity (Wildman–Crippen MR) is 117 cm³/mol. The molecule has 2 aromatic rings. The number of allylic oxidation sites excluding steroid dienone is 1. The highest BCUT2D eigenvalue weighted by Crippen LogP contribution is 2.17. The summed E-state index contributed by atoms with van der Waals surface area (Å²) in [4.78, 5) is 2.51. The Morgan fingerprint density at radius 3 is 2.77 bits per heavy atom. The van der Waals surface area contributed by atoms with Crippen LogP contribution in [0.1, 0.15) is 18.4 Å². The number of anilines is 2. The summed E-state index contributed by atoms with van der Waals surface area (Å²) >= 11 is 4.34. The van der Waals surface area contributed by atoms with Gasteiger partial charge in [0.2, 0.25) is 0 Å². The van der Waals surface area contributed by atoms with Crippen LogP contribution in [0, 0.1) is 0 Å². The van der Waals surface area contributed by atoms with Crippen LogP contribution in [0.25, 0.3) is 11.5 Å². The van der Waals surface area contributed by atoms with Gasteiger partial charge in [0, 0.05) is 35.7 Å². The summed E-state index contributed by atoms with van der Waals surface area (Å²) in [6.07, 6.45) is 6.25. The Morgan fingerprint density at radius 1 is 1.23 bits per heavy atom. The molecule has 0 amide bonds. The lowest BCUT2D eigenvalue weighted by molar-refractivity contribution is 0.208. The van der Waals surface area contributed by atoms with Crippen LogP contribution in [-0.4, -0.2) is 24.0 Å². The Kier molecular flexibility index (Phi) is 6.42. The third-order valence-corrected chi connectivity index (χ3v) is 5.09. The summed E-state index contributed by atoms with van der Waals surface area (Å²) in [5.74, 6) is 0. The molecule has 3 nitrogen and oxygen atoms in total. The molecule has 0 bridgehead atoms. The lowest BCUT2D eigenvalue weighted by atomic mass is 10.0. The monoisotopic (exact) mass is 365 g/mol. The van der Waals surface area contributed by atoms with Crippen LogP contribution in [0.15, 0.2) is 55.1 Å². The molecule has 1 fully saturated rings. The largest absolute Gasteiger partial charge is 0.399 e. The van der Waals surface area contributed by atoms with Crippen molar-refractivity contribution in [3.63, 3.8) is 0 Å². The normalized spacial score (nSPS) is 19.5.